The molecule has 12 rings (SSSR count). The van der Waals surface area contributed by atoms with Crippen LogP contribution in [0.3, 0.4) is 0 Å². The minimum absolute atomic E-state index is 1.11. The number of fused-ring (bicyclic) bond motifs is 9. The number of nitrogens with zero attached hydrogens (tertiary/aromatic N) is 1. The number of anilines is 3. The van der Waals surface area contributed by atoms with Gasteiger partial charge in [0.05, 0.1) is 11.4 Å². The third kappa shape index (κ3) is 5.78. The molecule has 1 nitrogen and oxygen atoms in total. The van der Waals surface area contributed by atoms with Crippen LogP contribution in [0, 0.1) is 0 Å². The van der Waals surface area contributed by atoms with Gasteiger partial charge in [-0.25, -0.2) is 0 Å². The predicted octanol–water partition coefficient (Wildman–Crippen LogP) is 17.1. The van der Waals surface area contributed by atoms with Gasteiger partial charge in [-0.15, -0.1) is 0 Å². The molecule has 0 radical (unpaired) electrons. The van der Waals surface area contributed by atoms with Gasteiger partial charge in [0.15, 0.2) is 0 Å². The molecule has 0 atom stereocenters. The van der Waals surface area contributed by atoms with E-state index >= 15 is 0 Å². The van der Waals surface area contributed by atoms with Crippen LogP contribution in [0.2, 0.25) is 0 Å². The van der Waals surface area contributed by atoms with Crippen molar-refractivity contribution in [2.24, 2.45) is 0 Å². The maximum Gasteiger partial charge on any atom is 0.0540 e. The highest BCUT2D eigenvalue weighted by Crippen LogP contribution is 2.49. The van der Waals surface area contributed by atoms with Crippen LogP contribution >= 0.6 is 0 Å². The fraction of sp³-hybridized carbons (Fsp3) is 0. The Kier molecular flexibility index (Phi) is 8.25. The summed E-state index contributed by atoms with van der Waals surface area (Å²) in [5.41, 5.74) is 10.6. The highest BCUT2D eigenvalue weighted by molar-refractivity contribution is 6.22. The quantitative estimate of drug-likeness (QED) is 0.152. The molecule has 12 aromatic rings. The van der Waals surface area contributed by atoms with E-state index in [4.69, 9.17) is 0 Å². The van der Waals surface area contributed by atoms with E-state index in [1.165, 1.54) is 86.9 Å². The van der Waals surface area contributed by atoms with Gasteiger partial charge in [0.2, 0.25) is 0 Å². The molecule has 0 N–H and O–H groups in total. The molecule has 61 heavy (non-hydrogen) atoms. The summed E-state index contributed by atoms with van der Waals surface area (Å²) in [4.78, 5) is 2.49. The van der Waals surface area contributed by atoms with Crippen LogP contribution in [0.15, 0.2) is 237 Å². The Morgan fingerprint density at radius 1 is 0.230 bits per heavy atom. The van der Waals surface area contributed by atoms with E-state index in [-0.39, 0.29) is 0 Å². The lowest BCUT2D eigenvalue weighted by Crippen LogP contribution is -2.12. The molecule has 284 valence electrons. The first-order chi connectivity index (χ1) is 30.3. The van der Waals surface area contributed by atoms with Crippen molar-refractivity contribution in [3.63, 3.8) is 0 Å². The molecular weight excluding hydrogens is 735 g/mol. The maximum atomic E-state index is 2.49. The molecule has 1 heteroatoms. The SMILES string of the molecule is c1ccc(-c2c(-c3ccccc3)c3cc(-c4ccccc4N(c4ccc5c(ccc6ccccc65)c4)c4cccc5c4ccc4ccccc45)ccc3c3ccccc23)cc1. The van der Waals surface area contributed by atoms with Crippen LogP contribution < -0.4 is 4.90 Å². The molecule has 0 saturated carbocycles. The van der Waals surface area contributed by atoms with E-state index in [2.05, 4.69) is 241 Å². The lowest BCUT2D eigenvalue weighted by atomic mass is 9.84. The van der Waals surface area contributed by atoms with Gasteiger partial charge in [-0.3, -0.25) is 0 Å². The Morgan fingerprint density at radius 3 is 1.46 bits per heavy atom. The number of rotatable bonds is 6. The van der Waals surface area contributed by atoms with Gasteiger partial charge in [-0.05, 0) is 117 Å². The molecule has 0 spiro atoms. The fourth-order valence-electron chi connectivity index (χ4n) is 9.85. The van der Waals surface area contributed by atoms with Crippen LogP contribution in [-0.4, -0.2) is 0 Å². The predicted molar refractivity (Wildman–Crippen MR) is 262 cm³/mol. The van der Waals surface area contributed by atoms with Crippen molar-refractivity contribution in [1.82, 2.24) is 0 Å². The number of benzene rings is 12. The van der Waals surface area contributed by atoms with Gasteiger partial charge in [0.25, 0.3) is 0 Å². The molecule has 0 bridgehead atoms. The average Bonchev–Trinajstić information content (AvgIpc) is 3.34. The van der Waals surface area contributed by atoms with E-state index in [1.54, 1.807) is 0 Å². The van der Waals surface area contributed by atoms with Crippen LogP contribution in [0.1, 0.15) is 0 Å². The Labute approximate surface area is 355 Å². The summed E-state index contributed by atoms with van der Waals surface area (Å²) in [7, 11) is 0. The second kappa shape index (κ2) is 14.4. The van der Waals surface area contributed by atoms with Gasteiger partial charge >= 0.3 is 0 Å². The second-order valence-corrected chi connectivity index (χ2v) is 16.0. The fourth-order valence-corrected chi connectivity index (χ4v) is 9.85. The topological polar surface area (TPSA) is 3.24 Å². The first-order valence-electron chi connectivity index (χ1n) is 21.1. The highest BCUT2D eigenvalue weighted by Gasteiger charge is 2.22. The molecule has 0 unspecified atom stereocenters. The molecule has 0 aliphatic rings. The van der Waals surface area contributed by atoms with Crippen LogP contribution in [0.5, 0.6) is 0 Å². The van der Waals surface area contributed by atoms with E-state index in [0.717, 1.165) is 28.2 Å². The first kappa shape index (κ1) is 35.0. The van der Waals surface area contributed by atoms with E-state index in [9.17, 15) is 0 Å². The van der Waals surface area contributed by atoms with E-state index < -0.39 is 0 Å². The zero-order valence-corrected chi connectivity index (χ0v) is 33.5. The molecular formula is C60H39N. The Hall–Kier alpha value is -8.00. The molecule has 0 saturated heterocycles. The third-order valence-corrected chi connectivity index (χ3v) is 12.6. The molecule has 0 aromatic heterocycles. The summed E-state index contributed by atoms with van der Waals surface area (Å²) in [5.74, 6) is 0. The summed E-state index contributed by atoms with van der Waals surface area (Å²) in [6.07, 6.45) is 0. The van der Waals surface area contributed by atoms with Crippen LogP contribution in [0.25, 0.3) is 98.0 Å². The zero-order chi connectivity index (χ0) is 40.3. The molecule has 0 fully saturated rings. The average molecular weight is 774 g/mol. The largest absolute Gasteiger partial charge is 0.309 e. The standard InChI is InChI=1S/C60H39N/c1-3-18-42(19-4-1)59-55-26-12-11-25-52(55)53-35-33-45(39-56(53)60(59)43-20-5-2-6-21-43)50-24-13-14-28-57(50)61(46-34-37-49-44(38-46)31-30-40-16-7-9-22-47(40)49)58-29-15-27-51-48-23-10-8-17-41(48)32-36-54(51)58/h1-39H. The smallest absolute Gasteiger partial charge is 0.0540 e. The lowest BCUT2D eigenvalue weighted by molar-refractivity contribution is 1.30. The monoisotopic (exact) mass is 773 g/mol. The number of hydrogen-bond acceptors (Lipinski definition) is 1. The van der Waals surface area contributed by atoms with Crippen molar-refractivity contribution in [1.29, 1.82) is 0 Å². The van der Waals surface area contributed by atoms with Crippen molar-refractivity contribution in [3.8, 4) is 33.4 Å². The van der Waals surface area contributed by atoms with Crippen molar-refractivity contribution in [2.45, 2.75) is 0 Å². The number of hydrogen-bond donors (Lipinski definition) is 0. The Bertz CT molecular complexity index is 3640. The first-order valence-corrected chi connectivity index (χ1v) is 21.1. The normalized spacial score (nSPS) is 11.6. The maximum absolute atomic E-state index is 2.49. The minimum atomic E-state index is 1.11. The third-order valence-electron chi connectivity index (χ3n) is 12.6. The van der Waals surface area contributed by atoms with E-state index in [0.29, 0.717) is 0 Å². The summed E-state index contributed by atoms with van der Waals surface area (Å²) in [6, 6.07) is 87.0. The van der Waals surface area contributed by atoms with Crippen molar-refractivity contribution in [3.05, 3.63) is 237 Å². The van der Waals surface area contributed by atoms with Gasteiger partial charge in [0.1, 0.15) is 0 Å². The second-order valence-electron chi connectivity index (χ2n) is 16.0. The van der Waals surface area contributed by atoms with Gasteiger partial charge in [0, 0.05) is 16.6 Å². The molecule has 0 heterocycles. The Balaban J connectivity index is 1.14. The molecule has 0 amide bonds. The number of para-hydroxylation sites is 1. The van der Waals surface area contributed by atoms with Gasteiger partial charge in [-0.2, -0.15) is 0 Å². The summed E-state index contributed by atoms with van der Waals surface area (Å²) in [5, 5.41) is 14.9. The van der Waals surface area contributed by atoms with Gasteiger partial charge in [-0.1, -0.05) is 206 Å². The summed E-state index contributed by atoms with van der Waals surface area (Å²) >= 11 is 0. The molecule has 12 aromatic carbocycles. The molecule has 0 aliphatic carbocycles. The summed E-state index contributed by atoms with van der Waals surface area (Å²) in [6.45, 7) is 0. The lowest BCUT2D eigenvalue weighted by Gasteiger charge is -2.29. The van der Waals surface area contributed by atoms with Crippen molar-refractivity contribution < 1.29 is 0 Å². The van der Waals surface area contributed by atoms with Crippen LogP contribution in [0.4, 0.5) is 17.1 Å². The van der Waals surface area contributed by atoms with Crippen molar-refractivity contribution >= 4 is 81.7 Å². The van der Waals surface area contributed by atoms with E-state index in [1.807, 2.05) is 0 Å². The Morgan fingerprint density at radius 2 is 0.705 bits per heavy atom. The van der Waals surface area contributed by atoms with Crippen molar-refractivity contribution in [2.75, 3.05) is 4.90 Å². The molecule has 0 aliphatic heterocycles. The highest BCUT2D eigenvalue weighted by atomic mass is 15.1. The van der Waals surface area contributed by atoms with Crippen LogP contribution in [-0.2, 0) is 0 Å². The summed E-state index contributed by atoms with van der Waals surface area (Å²) < 4.78 is 0. The van der Waals surface area contributed by atoms with Gasteiger partial charge < -0.3 is 4.90 Å². The zero-order valence-electron chi connectivity index (χ0n) is 33.5. The minimum Gasteiger partial charge on any atom is -0.309 e.